The van der Waals surface area contributed by atoms with Crippen molar-refractivity contribution in [2.45, 2.75) is 6.42 Å². The maximum Gasteiger partial charge on any atom is 0.0320 e. The molecule has 2 rings (SSSR count). The maximum absolute atomic E-state index is 5.75. The molecule has 0 fully saturated rings. The van der Waals surface area contributed by atoms with Gasteiger partial charge < -0.3 is 11.1 Å². The summed E-state index contributed by atoms with van der Waals surface area (Å²) in [6, 6.07) is 12.4. The zero-order chi connectivity index (χ0) is 12.1. The molecule has 2 heteroatoms. The highest BCUT2D eigenvalue weighted by Crippen LogP contribution is 2.19. The molecule has 88 valence electrons. The molecule has 0 saturated carbocycles. The van der Waals surface area contributed by atoms with Gasteiger partial charge in [-0.05, 0) is 54.5 Å². The van der Waals surface area contributed by atoms with Gasteiger partial charge in [0, 0.05) is 5.69 Å². The second-order valence-electron chi connectivity index (χ2n) is 4.16. The van der Waals surface area contributed by atoms with E-state index >= 15 is 0 Å². The Labute approximate surface area is 102 Å². The van der Waals surface area contributed by atoms with Gasteiger partial charge >= 0.3 is 0 Å². The van der Waals surface area contributed by atoms with E-state index in [1.165, 1.54) is 16.3 Å². The second-order valence-corrected chi connectivity index (χ2v) is 4.16. The van der Waals surface area contributed by atoms with Gasteiger partial charge in [0.1, 0.15) is 0 Å². The first kappa shape index (κ1) is 11.7. The van der Waals surface area contributed by atoms with Gasteiger partial charge in [-0.15, -0.1) is 0 Å². The Balaban J connectivity index is 2.20. The lowest BCUT2D eigenvalue weighted by Gasteiger charge is -2.01. The van der Waals surface area contributed by atoms with Crippen LogP contribution in [0.1, 0.15) is 12.0 Å². The van der Waals surface area contributed by atoms with Crippen LogP contribution in [0.25, 0.3) is 16.8 Å². The molecule has 2 aromatic rings. The highest BCUT2D eigenvalue weighted by molar-refractivity contribution is 5.87. The summed E-state index contributed by atoms with van der Waals surface area (Å²) < 4.78 is 0. The van der Waals surface area contributed by atoms with E-state index in [-0.39, 0.29) is 0 Å². The van der Waals surface area contributed by atoms with Gasteiger partial charge in [-0.1, -0.05) is 30.4 Å². The van der Waals surface area contributed by atoms with Crippen molar-refractivity contribution >= 4 is 22.5 Å². The van der Waals surface area contributed by atoms with E-state index in [9.17, 15) is 0 Å². The van der Waals surface area contributed by atoms with Crippen LogP contribution in [-0.4, -0.2) is 13.6 Å². The first-order chi connectivity index (χ1) is 8.29. The van der Waals surface area contributed by atoms with Crippen molar-refractivity contribution < 1.29 is 0 Å². The van der Waals surface area contributed by atoms with Crippen molar-refractivity contribution in [3.05, 3.63) is 48.0 Å². The van der Waals surface area contributed by atoms with E-state index < -0.39 is 0 Å². The molecule has 0 aliphatic rings. The summed E-state index contributed by atoms with van der Waals surface area (Å²) in [5.74, 6) is 0. The van der Waals surface area contributed by atoms with Gasteiger partial charge in [0.15, 0.2) is 0 Å². The van der Waals surface area contributed by atoms with Crippen LogP contribution < -0.4 is 11.1 Å². The van der Waals surface area contributed by atoms with Crippen molar-refractivity contribution in [2.24, 2.45) is 0 Å². The minimum absolute atomic E-state index is 0.815. The Kier molecular flexibility index (Phi) is 3.78. The van der Waals surface area contributed by atoms with Crippen molar-refractivity contribution in [1.82, 2.24) is 5.32 Å². The fourth-order valence-electron chi connectivity index (χ4n) is 1.83. The van der Waals surface area contributed by atoms with Gasteiger partial charge in [0.05, 0.1) is 0 Å². The predicted molar refractivity (Wildman–Crippen MR) is 75.9 cm³/mol. The fraction of sp³-hybridized carbons (Fsp3) is 0.200. The van der Waals surface area contributed by atoms with Crippen LogP contribution in [0.4, 0.5) is 5.69 Å². The highest BCUT2D eigenvalue weighted by Gasteiger charge is 1.94. The molecule has 0 unspecified atom stereocenters. The number of nitrogens with one attached hydrogen (secondary N) is 1. The van der Waals surface area contributed by atoms with Crippen LogP contribution in [0.5, 0.6) is 0 Å². The lowest BCUT2D eigenvalue weighted by atomic mass is 10.1. The first-order valence-electron chi connectivity index (χ1n) is 5.90. The minimum Gasteiger partial charge on any atom is -0.399 e. The normalized spacial score (nSPS) is 11.4. The second kappa shape index (κ2) is 5.51. The lowest BCUT2D eigenvalue weighted by molar-refractivity contribution is 0.809. The Bertz CT molecular complexity index is 529. The van der Waals surface area contributed by atoms with Gasteiger partial charge in [-0.2, -0.15) is 0 Å². The molecular formula is C15H18N2. The molecule has 0 spiro atoms. The molecule has 3 N–H and O–H groups in total. The third-order valence-electron chi connectivity index (χ3n) is 2.76. The Morgan fingerprint density at radius 1 is 1.12 bits per heavy atom. The molecule has 0 radical (unpaired) electrons. The number of rotatable bonds is 4. The molecule has 17 heavy (non-hydrogen) atoms. The van der Waals surface area contributed by atoms with Gasteiger partial charge in [-0.3, -0.25) is 0 Å². The molecule has 0 aliphatic carbocycles. The number of hydrogen-bond acceptors (Lipinski definition) is 2. The fourth-order valence-corrected chi connectivity index (χ4v) is 1.83. The van der Waals surface area contributed by atoms with E-state index in [1.54, 1.807) is 0 Å². The zero-order valence-electron chi connectivity index (χ0n) is 10.1. The Hall–Kier alpha value is -1.80. The van der Waals surface area contributed by atoms with E-state index in [1.807, 2.05) is 19.2 Å². The maximum atomic E-state index is 5.75. The number of nitrogen functional groups attached to an aromatic ring is 1. The number of anilines is 1. The minimum atomic E-state index is 0.815. The van der Waals surface area contributed by atoms with Crippen LogP contribution in [-0.2, 0) is 0 Å². The summed E-state index contributed by atoms with van der Waals surface area (Å²) >= 11 is 0. The van der Waals surface area contributed by atoms with Crippen LogP contribution in [0, 0.1) is 0 Å². The van der Waals surface area contributed by atoms with E-state index in [0.717, 1.165) is 18.7 Å². The zero-order valence-corrected chi connectivity index (χ0v) is 10.1. The SMILES string of the molecule is CNCCC=Cc1ccc2cc(N)ccc2c1. The number of benzene rings is 2. The number of hydrogen-bond donors (Lipinski definition) is 2. The van der Waals surface area contributed by atoms with Gasteiger partial charge in [-0.25, -0.2) is 0 Å². The highest BCUT2D eigenvalue weighted by atomic mass is 14.8. The molecule has 0 bridgehead atoms. The van der Waals surface area contributed by atoms with Crippen LogP contribution in [0.3, 0.4) is 0 Å². The molecule has 0 atom stereocenters. The molecule has 2 aromatic carbocycles. The largest absolute Gasteiger partial charge is 0.399 e. The van der Waals surface area contributed by atoms with Crippen molar-refractivity contribution in [1.29, 1.82) is 0 Å². The number of nitrogens with two attached hydrogens (primary N) is 1. The van der Waals surface area contributed by atoms with E-state index in [0.29, 0.717) is 0 Å². The average molecular weight is 226 g/mol. The van der Waals surface area contributed by atoms with Crippen LogP contribution >= 0.6 is 0 Å². The molecule has 0 saturated heterocycles. The molecular weight excluding hydrogens is 208 g/mol. The van der Waals surface area contributed by atoms with Crippen molar-refractivity contribution in [3.63, 3.8) is 0 Å². The molecule has 0 aromatic heterocycles. The Morgan fingerprint density at radius 3 is 2.71 bits per heavy atom. The predicted octanol–water partition coefficient (Wildman–Crippen LogP) is 3.04. The quantitative estimate of drug-likeness (QED) is 0.621. The van der Waals surface area contributed by atoms with Crippen LogP contribution in [0.15, 0.2) is 42.5 Å². The van der Waals surface area contributed by atoms with Gasteiger partial charge in [0.2, 0.25) is 0 Å². The van der Waals surface area contributed by atoms with E-state index in [2.05, 4.69) is 41.7 Å². The Morgan fingerprint density at radius 2 is 1.88 bits per heavy atom. The van der Waals surface area contributed by atoms with Gasteiger partial charge in [0.25, 0.3) is 0 Å². The summed E-state index contributed by atoms with van der Waals surface area (Å²) in [4.78, 5) is 0. The summed E-state index contributed by atoms with van der Waals surface area (Å²) in [7, 11) is 1.97. The third-order valence-corrected chi connectivity index (χ3v) is 2.76. The summed E-state index contributed by atoms with van der Waals surface area (Å²) in [5, 5.41) is 5.55. The summed E-state index contributed by atoms with van der Waals surface area (Å²) in [6.45, 7) is 1.01. The summed E-state index contributed by atoms with van der Waals surface area (Å²) in [6.07, 6.45) is 5.40. The topological polar surface area (TPSA) is 38.0 Å². The molecule has 0 amide bonds. The third kappa shape index (κ3) is 3.08. The monoisotopic (exact) mass is 226 g/mol. The molecule has 2 nitrogen and oxygen atoms in total. The summed E-state index contributed by atoms with van der Waals surface area (Å²) in [5.41, 5.74) is 7.80. The van der Waals surface area contributed by atoms with Crippen molar-refractivity contribution in [2.75, 3.05) is 19.3 Å². The lowest BCUT2D eigenvalue weighted by Crippen LogP contribution is -2.05. The smallest absolute Gasteiger partial charge is 0.0320 e. The average Bonchev–Trinajstić information content (AvgIpc) is 2.35. The first-order valence-corrected chi connectivity index (χ1v) is 5.90. The standard InChI is InChI=1S/C15H18N2/c1-17-9-3-2-4-12-5-6-14-11-15(16)8-7-13(14)10-12/h2,4-8,10-11,17H,3,9,16H2,1H3. The van der Waals surface area contributed by atoms with Crippen LogP contribution in [0.2, 0.25) is 0 Å². The van der Waals surface area contributed by atoms with E-state index in [4.69, 9.17) is 5.73 Å². The van der Waals surface area contributed by atoms with Crippen molar-refractivity contribution in [3.8, 4) is 0 Å². The molecule has 0 heterocycles. The molecule has 0 aliphatic heterocycles. The number of fused-ring (bicyclic) bond motifs is 1.